The van der Waals surface area contributed by atoms with Crippen LogP contribution >= 0.6 is 0 Å². The molecule has 0 unspecified atom stereocenters. The first-order valence-electron chi connectivity index (χ1n) is 8.62. The van der Waals surface area contributed by atoms with E-state index in [-0.39, 0.29) is 12.3 Å². The van der Waals surface area contributed by atoms with Crippen molar-refractivity contribution in [2.75, 3.05) is 0 Å². The number of para-hydroxylation sites is 1. The van der Waals surface area contributed by atoms with Crippen LogP contribution < -0.4 is 16.0 Å². The van der Waals surface area contributed by atoms with Gasteiger partial charge in [-0.2, -0.15) is 0 Å². The number of hydrogen-bond donors (Lipinski definition) is 1. The Morgan fingerprint density at radius 3 is 2.75 bits per heavy atom. The van der Waals surface area contributed by atoms with Crippen LogP contribution in [0.15, 0.2) is 70.4 Å². The molecule has 0 aliphatic rings. The molecule has 0 amide bonds. The predicted molar refractivity (Wildman–Crippen MR) is 103 cm³/mol. The van der Waals surface area contributed by atoms with Gasteiger partial charge < -0.3 is 9.72 Å². The van der Waals surface area contributed by atoms with E-state index < -0.39 is 17.1 Å². The molecule has 28 heavy (non-hydrogen) atoms. The Bertz CT molecular complexity index is 1290. The van der Waals surface area contributed by atoms with Crippen molar-refractivity contribution in [3.63, 3.8) is 0 Å². The number of aromatic nitrogens is 3. The first-order valence-corrected chi connectivity index (χ1v) is 8.62. The summed E-state index contributed by atoms with van der Waals surface area (Å²) in [6.45, 7) is 1.72. The van der Waals surface area contributed by atoms with Gasteiger partial charge in [-0.1, -0.05) is 18.2 Å². The molecule has 0 saturated heterocycles. The third-order valence-electron chi connectivity index (χ3n) is 4.44. The minimum Gasteiger partial charge on any atom is -0.487 e. The van der Waals surface area contributed by atoms with Gasteiger partial charge >= 0.3 is 5.69 Å². The van der Waals surface area contributed by atoms with Crippen molar-refractivity contribution in [3.05, 3.63) is 98.7 Å². The molecule has 0 bridgehead atoms. The lowest BCUT2D eigenvalue weighted by atomic mass is 10.1. The second-order valence-electron chi connectivity index (χ2n) is 6.29. The molecular weight excluding hydrogens is 361 g/mol. The van der Waals surface area contributed by atoms with Crippen LogP contribution in [0.25, 0.3) is 16.6 Å². The van der Waals surface area contributed by atoms with Gasteiger partial charge in [0.25, 0.3) is 5.56 Å². The molecule has 2 aromatic heterocycles. The first kappa shape index (κ1) is 17.7. The van der Waals surface area contributed by atoms with Crippen molar-refractivity contribution in [3.8, 4) is 11.4 Å². The number of aryl methyl sites for hydroxylation is 1. The fourth-order valence-electron chi connectivity index (χ4n) is 2.98. The van der Waals surface area contributed by atoms with Crippen LogP contribution in [-0.4, -0.2) is 14.5 Å². The highest BCUT2D eigenvalue weighted by Gasteiger charge is 2.13. The van der Waals surface area contributed by atoms with Crippen LogP contribution in [0.5, 0.6) is 5.75 Å². The minimum absolute atomic E-state index is 0.0713. The summed E-state index contributed by atoms with van der Waals surface area (Å²) in [7, 11) is 0. The summed E-state index contributed by atoms with van der Waals surface area (Å²) in [5.74, 6) is -0.0675. The number of nitrogens with one attached hydrogen (secondary N) is 1. The molecule has 1 N–H and O–H groups in total. The van der Waals surface area contributed by atoms with E-state index in [4.69, 9.17) is 4.74 Å². The molecule has 6 nitrogen and oxygen atoms in total. The van der Waals surface area contributed by atoms with Crippen LogP contribution in [0.1, 0.15) is 11.3 Å². The van der Waals surface area contributed by atoms with E-state index in [2.05, 4.69) is 9.97 Å². The van der Waals surface area contributed by atoms with Crippen molar-refractivity contribution in [2.45, 2.75) is 13.5 Å². The summed E-state index contributed by atoms with van der Waals surface area (Å²) in [6, 6.07) is 14.6. The molecule has 0 atom stereocenters. The summed E-state index contributed by atoms with van der Waals surface area (Å²) >= 11 is 0. The Morgan fingerprint density at radius 2 is 1.93 bits per heavy atom. The van der Waals surface area contributed by atoms with Crippen molar-refractivity contribution in [1.29, 1.82) is 0 Å². The van der Waals surface area contributed by atoms with Gasteiger partial charge in [0, 0.05) is 12.3 Å². The van der Waals surface area contributed by atoms with E-state index in [0.717, 1.165) is 10.1 Å². The van der Waals surface area contributed by atoms with Crippen molar-refractivity contribution in [1.82, 2.24) is 14.5 Å². The lowest BCUT2D eigenvalue weighted by Crippen LogP contribution is -2.34. The zero-order valence-corrected chi connectivity index (χ0v) is 15.0. The van der Waals surface area contributed by atoms with Crippen molar-refractivity contribution < 1.29 is 9.13 Å². The van der Waals surface area contributed by atoms with E-state index in [9.17, 15) is 14.0 Å². The first-order chi connectivity index (χ1) is 13.5. The van der Waals surface area contributed by atoms with Gasteiger partial charge in [0.1, 0.15) is 23.9 Å². The van der Waals surface area contributed by atoms with Crippen LogP contribution in [0, 0.1) is 12.7 Å². The maximum absolute atomic E-state index is 13.7. The Labute approximate surface area is 158 Å². The number of H-pyrrole nitrogens is 1. The topological polar surface area (TPSA) is 77.0 Å². The number of aromatic amines is 1. The maximum Gasteiger partial charge on any atom is 0.333 e. The molecule has 2 heterocycles. The molecule has 0 aliphatic carbocycles. The molecule has 140 valence electrons. The normalized spacial score (nSPS) is 10.9. The maximum atomic E-state index is 13.7. The van der Waals surface area contributed by atoms with Gasteiger partial charge in [-0.05, 0) is 42.8 Å². The van der Waals surface area contributed by atoms with Crippen LogP contribution in [-0.2, 0) is 6.61 Å². The fraction of sp³-hybridized carbons (Fsp3) is 0.0952. The van der Waals surface area contributed by atoms with Gasteiger partial charge in [0.05, 0.1) is 16.6 Å². The van der Waals surface area contributed by atoms with E-state index in [1.54, 1.807) is 49.4 Å². The predicted octanol–water partition coefficient (Wildman–Crippen LogP) is 3.10. The Morgan fingerprint density at radius 1 is 1.11 bits per heavy atom. The van der Waals surface area contributed by atoms with E-state index in [1.165, 1.54) is 18.3 Å². The number of hydrogen-bond acceptors (Lipinski definition) is 4. The standard InChI is InChI=1S/C21H16FN3O3/c1-13-8-9-14(28-12-18-16(22)6-4-10-23-18)11-19(13)25-20(26)15-5-2-3-7-17(15)24-21(25)27/h2-11H,12H2,1H3,(H,24,27). The third-order valence-corrected chi connectivity index (χ3v) is 4.44. The van der Waals surface area contributed by atoms with Crippen LogP contribution in [0.3, 0.4) is 0 Å². The Hall–Kier alpha value is -3.74. The molecule has 0 aliphatic heterocycles. The summed E-state index contributed by atoms with van der Waals surface area (Å²) in [5.41, 5.74) is 0.806. The monoisotopic (exact) mass is 377 g/mol. The molecule has 7 heteroatoms. The lowest BCUT2D eigenvalue weighted by molar-refractivity contribution is 0.294. The molecule has 0 spiro atoms. The Kier molecular flexibility index (Phi) is 4.49. The van der Waals surface area contributed by atoms with Gasteiger partial charge in [-0.15, -0.1) is 0 Å². The van der Waals surface area contributed by atoms with Gasteiger partial charge in [-0.3, -0.25) is 9.78 Å². The van der Waals surface area contributed by atoms with Gasteiger partial charge in [-0.25, -0.2) is 13.8 Å². The largest absolute Gasteiger partial charge is 0.487 e. The third kappa shape index (κ3) is 3.18. The number of ether oxygens (including phenoxy) is 1. The van der Waals surface area contributed by atoms with Crippen molar-refractivity contribution >= 4 is 10.9 Å². The number of fused-ring (bicyclic) bond motifs is 1. The summed E-state index contributed by atoms with van der Waals surface area (Å²) in [5, 5.41) is 0.406. The minimum atomic E-state index is -0.542. The lowest BCUT2D eigenvalue weighted by Gasteiger charge is -2.12. The highest BCUT2D eigenvalue weighted by molar-refractivity contribution is 5.77. The molecule has 4 rings (SSSR count). The molecule has 0 fully saturated rings. The molecule has 4 aromatic rings. The quantitative estimate of drug-likeness (QED) is 0.593. The number of pyridine rings is 1. The van der Waals surface area contributed by atoms with Crippen LogP contribution in [0.2, 0.25) is 0 Å². The number of rotatable bonds is 4. The SMILES string of the molecule is Cc1ccc(OCc2ncccc2F)cc1-n1c(=O)[nH]c2ccccc2c1=O. The average Bonchev–Trinajstić information content (AvgIpc) is 2.69. The molecule has 0 saturated carbocycles. The summed E-state index contributed by atoms with van der Waals surface area (Å²) in [6.07, 6.45) is 1.48. The van der Waals surface area contributed by atoms with E-state index in [1.807, 2.05) is 0 Å². The van der Waals surface area contributed by atoms with Crippen molar-refractivity contribution in [2.24, 2.45) is 0 Å². The second-order valence-corrected chi connectivity index (χ2v) is 6.29. The second kappa shape index (κ2) is 7.11. The van der Waals surface area contributed by atoms with E-state index >= 15 is 0 Å². The zero-order valence-electron chi connectivity index (χ0n) is 15.0. The number of nitrogens with zero attached hydrogens (tertiary/aromatic N) is 2. The highest BCUT2D eigenvalue weighted by Crippen LogP contribution is 2.21. The summed E-state index contributed by atoms with van der Waals surface area (Å²) in [4.78, 5) is 32.1. The Balaban J connectivity index is 1.76. The van der Waals surface area contributed by atoms with E-state index in [0.29, 0.717) is 22.3 Å². The average molecular weight is 377 g/mol. The van der Waals surface area contributed by atoms with Crippen LogP contribution in [0.4, 0.5) is 4.39 Å². The molecule has 2 aromatic carbocycles. The zero-order chi connectivity index (χ0) is 19.7. The summed E-state index contributed by atoms with van der Waals surface area (Å²) < 4.78 is 20.4. The smallest absolute Gasteiger partial charge is 0.333 e. The molecular formula is C21H16FN3O3. The number of benzene rings is 2. The van der Waals surface area contributed by atoms with Gasteiger partial charge in [0.2, 0.25) is 0 Å². The fourth-order valence-corrected chi connectivity index (χ4v) is 2.98. The number of halogens is 1. The molecule has 0 radical (unpaired) electrons. The highest BCUT2D eigenvalue weighted by atomic mass is 19.1. The van der Waals surface area contributed by atoms with Gasteiger partial charge in [0.15, 0.2) is 0 Å².